The molecule has 1 amide bonds. The molecule has 0 bridgehead atoms. The van der Waals surface area contributed by atoms with Crippen molar-refractivity contribution in [3.8, 4) is 0 Å². The largest absolute Gasteiger partial charge is 0.352 e. The van der Waals surface area contributed by atoms with E-state index in [1.54, 1.807) is 0 Å². The van der Waals surface area contributed by atoms with Crippen molar-refractivity contribution < 1.29 is 4.79 Å². The van der Waals surface area contributed by atoms with Crippen LogP contribution in [0.15, 0.2) is 30.3 Å². The van der Waals surface area contributed by atoms with Crippen molar-refractivity contribution >= 4 is 29.0 Å². The average molecular weight is 339 g/mol. The molecule has 1 saturated carbocycles. The molecule has 1 aromatic carbocycles. The zero-order chi connectivity index (χ0) is 17.8. The number of amides is 1. The highest BCUT2D eigenvalue weighted by Gasteiger charge is 2.26. The molecule has 1 aliphatic carbocycles. The van der Waals surface area contributed by atoms with Crippen molar-refractivity contribution in [1.29, 1.82) is 0 Å². The molecular weight excluding hydrogens is 314 g/mol. The molecule has 1 atom stereocenters. The zero-order valence-electron chi connectivity index (χ0n) is 15.0. The molecule has 1 aliphatic rings. The van der Waals surface area contributed by atoms with E-state index >= 15 is 0 Å². The van der Waals surface area contributed by atoms with Crippen molar-refractivity contribution in [2.75, 3.05) is 16.0 Å². The number of benzene rings is 1. The highest BCUT2D eigenvalue weighted by Crippen LogP contribution is 2.40. The number of anilines is 4. The molecule has 1 heterocycles. The lowest BCUT2D eigenvalue weighted by atomic mass is 10.2. The van der Waals surface area contributed by atoms with E-state index in [0.717, 1.165) is 29.3 Å². The molecule has 132 valence electrons. The maximum Gasteiger partial charge on any atom is 0.225 e. The van der Waals surface area contributed by atoms with Gasteiger partial charge in [0.2, 0.25) is 11.9 Å². The van der Waals surface area contributed by atoms with Gasteiger partial charge < -0.3 is 16.0 Å². The van der Waals surface area contributed by atoms with Crippen molar-refractivity contribution in [3.63, 3.8) is 0 Å². The first kappa shape index (κ1) is 17.2. The summed E-state index contributed by atoms with van der Waals surface area (Å²) in [7, 11) is 0. The van der Waals surface area contributed by atoms with Gasteiger partial charge in [0.1, 0.15) is 5.82 Å². The Labute approximate surface area is 148 Å². The Morgan fingerprint density at radius 3 is 2.48 bits per heavy atom. The summed E-state index contributed by atoms with van der Waals surface area (Å²) in [5.74, 6) is 1.95. The van der Waals surface area contributed by atoms with Crippen LogP contribution in [-0.2, 0) is 4.79 Å². The summed E-state index contributed by atoms with van der Waals surface area (Å²) in [5, 5.41) is 9.46. The maximum absolute atomic E-state index is 11.1. The van der Waals surface area contributed by atoms with Crippen LogP contribution in [0, 0.1) is 0 Å². The summed E-state index contributed by atoms with van der Waals surface area (Å²) in [6, 6.07) is 9.94. The smallest absolute Gasteiger partial charge is 0.225 e. The molecular formula is C19H25N5O. The molecule has 1 fully saturated rings. The lowest BCUT2D eigenvalue weighted by Gasteiger charge is -2.14. The van der Waals surface area contributed by atoms with Crippen LogP contribution in [0.1, 0.15) is 51.6 Å². The van der Waals surface area contributed by atoms with Gasteiger partial charge in [0, 0.05) is 36.3 Å². The first-order valence-electron chi connectivity index (χ1n) is 8.83. The van der Waals surface area contributed by atoms with Gasteiger partial charge in [0.05, 0.1) is 5.69 Å². The minimum Gasteiger partial charge on any atom is -0.352 e. The number of nitrogens with zero attached hydrogens (tertiary/aromatic N) is 2. The van der Waals surface area contributed by atoms with Gasteiger partial charge in [-0.3, -0.25) is 4.79 Å². The lowest BCUT2D eigenvalue weighted by Crippen LogP contribution is -2.16. The van der Waals surface area contributed by atoms with Crippen LogP contribution in [-0.4, -0.2) is 21.9 Å². The second-order valence-corrected chi connectivity index (χ2v) is 6.61. The van der Waals surface area contributed by atoms with Crippen LogP contribution in [0.2, 0.25) is 0 Å². The molecule has 0 unspecified atom stereocenters. The van der Waals surface area contributed by atoms with Gasteiger partial charge in [-0.1, -0.05) is 6.92 Å². The maximum atomic E-state index is 11.1. The van der Waals surface area contributed by atoms with E-state index in [2.05, 4.69) is 39.8 Å². The highest BCUT2D eigenvalue weighted by molar-refractivity contribution is 5.88. The minimum atomic E-state index is -0.0775. The topological polar surface area (TPSA) is 78.9 Å². The molecule has 0 saturated heterocycles. The normalized spacial score (nSPS) is 14.7. The van der Waals surface area contributed by atoms with E-state index in [-0.39, 0.29) is 5.91 Å². The van der Waals surface area contributed by atoms with Gasteiger partial charge >= 0.3 is 0 Å². The van der Waals surface area contributed by atoms with Crippen molar-refractivity contribution in [1.82, 2.24) is 9.97 Å². The van der Waals surface area contributed by atoms with Crippen LogP contribution in [0.25, 0.3) is 0 Å². The Hall–Kier alpha value is -2.63. The Balaban J connectivity index is 1.77. The van der Waals surface area contributed by atoms with Crippen LogP contribution in [0.4, 0.5) is 23.1 Å². The Morgan fingerprint density at radius 1 is 1.20 bits per heavy atom. The third-order valence-corrected chi connectivity index (χ3v) is 4.21. The van der Waals surface area contributed by atoms with Gasteiger partial charge in [-0.25, -0.2) is 4.98 Å². The van der Waals surface area contributed by atoms with E-state index in [1.807, 2.05) is 30.3 Å². The second kappa shape index (κ2) is 7.51. The molecule has 0 radical (unpaired) electrons. The number of aromatic nitrogens is 2. The quantitative estimate of drug-likeness (QED) is 0.702. The predicted molar refractivity (Wildman–Crippen MR) is 101 cm³/mol. The fraction of sp³-hybridized carbons (Fsp3) is 0.421. The molecule has 0 aliphatic heterocycles. The van der Waals surface area contributed by atoms with Crippen LogP contribution < -0.4 is 16.0 Å². The molecule has 25 heavy (non-hydrogen) atoms. The summed E-state index contributed by atoms with van der Waals surface area (Å²) in [6.45, 7) is 5.76. The number of hydrogen-bond acceptors (Lipinski definition) is 5. The fourth-order valence-electron chi connectivity index (χ4n) is 2.49. The van der Waals surface area contributed by atoms with Gasteiger partial charge in [0.25, 0.3) is 0 Å². The molecule has 3 rings (SSSR count). The van der Waals surface area contributed by atoms with Crippen LogP contribution in [0.3, 0.4) is 0 Å². The second-order valence-electron chi connectivity index (χ2n) is 6.61. The SMILES string of the molecule is CC[C@H](C)Nc1nc(Nc2ccc(NC(C)=O)cc2)cc(C2CC2)n1. The van der Waals surface area contributed by atoms with Gasteiger partial charge in [0.15, 0.2) is 0 Å². The van der Waals surface area contributed by atoms with E-state index in [1.165, 1.54) is 19.8 Å². The molecule has 2 aromatic rings. The number of nitrogens with one attached hydrogen (secondary N) is 3. The van der Waals surface area contributed by atoms with E-state index in [4.69, 9.17) is 0 Å². The lowest BCUT2D eigenvalue weighted by molar-refractivity contribution is -0.114. The number of hydrogen-bond donors (Lipinski definition) is 3. The summed E-state index contributed by atoms with van der Waals surface area (Å²) < 4.78 is 0. The number of carbonyl (C=O) groups is 1. The predicted octanol–water partition coefficient (Wildman–Crippen LogP) is 4.27. The monoisotopic (exact) mass is 339 g/mol. The third kappa shape index (κ3) is 4.92. The summed E-state index contributed by atoms with van der Waals surface area (Å²) in [4.78, 5) is 20.4. The third-order valence-electron chi connectivity index (χ3n) is 4.21. The molecule has 1 aromatic heterocycles. The summed E-state index contributed by atoms with van der Waals surface area (Å²) in [6.07, 6.45) is 3.42. The molecule has 0 spiro atoms. The van der Waals surface area contributed by atoms with Crippen molar-refractivity contribution in [2.45, 2.75) is 52.0 Å². The average Bonchev–Trinajstić information content (AvgIpc) is 3.41. The number of rotatable bonds is 7. The van der Waals surface area contributed by atoms with Crippen molar-refractivity contribution in [3.05, 3.63) is 36.0 Å². The summed E-state index contributed by atoms with van der Waals surface area (Å²) in [5.41, 5.74) is 2.79. The molecule has 6 nitrogen and oxygen atoms in total. The molecule has 6 heteroatoms. The Morgan fingerprint density at radius 2 is 1.88 bits per heavy atom. The Kier molecular flexibility index (Phi) is 5.16. The van der Waals surface area contributed by atoms with E-state index < -0.39 is 0 Å². The highest BCUT2D eigenvalue weighted by atomic mass is 16.1. The van der Waals surface area contributed by atoms with Gasteiger partial charge in [-0.15, -0.1) is 0 Å². The van der Waals surface area contributed by atoms with E-state index in [9.17, 15) is 4.79 Å². The van der Waals surface area contributed by atoms with Crippen LogP contribution in [0.5, 0.6) is 0 Å². The minimum absolute atomic E-state index is 0.0775. The Bertz CT molecular complexity index is 740. The number of carbonyl (C=O) groups excluding carboxylic acids is 1. The molecule has 3 N–H and O–H groups in total. The summed E-state index contributed by atoms with van der Waals surface area (Å²) >= 11 is 0. The standard InChI is InChI=1S/C19H25N5O/c1-4-12(2)20-19-23-17(14-5-6-14)11-18(24-19)22-16-9-7-15(8-10-16)21-13(3)25/h7-12,14H,4-6H2,1-3H3,(H,21,25)(H2,20,22,23,24)/t12-/m0/s1. The fourth-order valence-corrected chi connectivity index (χ4v) is 2.49. The van der Waals surface area contributed by atoms with Crippen molar-refractivity contribution in [2.24, 2.45) is 0 Å². The first-order valence-corrected chi connectivity index (χ1v) is 8.83. The van der Waals surface area contributed by atoms with Gasteiger partial charge in [-0.2, -0.15) is 4.98 Å². The van der Waals surface area contributed by atoms with Crippen LogP contribution >= 0.6 is 0 Å². The van der Waals surface area contributed by atoms with Gasteiger partial charge in [-0.05, 0) is 50.5 Å². The van der Waals surface area contributed by atoms with E-state index in [0.29, 0.717) is 17.9 Å². The zero-order valence-corrected chi connectivity index (χ0v) is 15.0. The first-order chi connectivity index (χ1) is 12.0.